The van der Waals surface area contributed by atoms with Crippen molar-refractivity contribution in [3.63, 3.8) is 0 Å². The molecule has 10 heteroatoms. The number of ether oxygens (including phenoxy) is 1. The lowest BCUT2D eigenvalue weighted by Crippen LogP contribution is -2.24. The Morgan fingerprint density at radius 2 is 2.03 bits per heavy atom. The zero-order valence-electron chi connectivity index (χ0n) is 16.1. The van der Waals surface area contributed by atoms with Crippen molar-refractivity contribution in [3.8, 4) is 5.75 Å². The molecule has 0 saturated carbocycles. The molecule has 0 bridgehead atoms. The summed E-state index contributed by atoms with van der Waals surface area (Å²) in [6.45, 7) is 0.421. The van der Waals surface area contributed by atoms with Crippen molar-refractivity contribution in [1.29, 1.82) is 0 Å². The number of nitro benzene ring substituents is 1. The highest BCUT2D eigenvalue weighted by atomic mass is 35.5. The molecule has 2 aromatic heterocycles. The van der Waals surface area contributed by atoms with Gasteiger partial charge in [0.25, 0.3) is 5.56 Å². The fraction of sp³-hybridized carbons (Fsp3) is 0.143. The second kappa shape index (κ2) is 9.23. The molecule has 158 valence electrons. The number of nitrogens with zero attached hydrogens (tertiary/aromatic N) is 3. The smallest absolute Gasteiger partial charge is 0.310 e. The van der Waals surface area contributed by atoms with Crippen LogP contribution < -0.4 is 10.3 Å². The van der Waals surface area contributed by atoms with Crippen molar-refractivity contribution < 1.29 is 14.1 Å². The lowest BCUT2D eigenvalue weighted by atomic mass is 10.2. The highest BCUT2D eigenvalue weighted by Gasteiger charge is 2.15. The van der Waals surface area contributed by atoms with Crippen LogP contribution in [0.5, 0.6) is 5.75 Å². The first-order valence-corrected chi connectivity index (χ1v) is 10.6. The van der Waals surface area contributed by atoms with Crippen LogP contribution in [0.2, 0.25) is 5.02 Å². The first-order valence-electron chi connectivity index (χ1n) is 9.24. The highest BCUT2D eigenvalue weighted by molar-refractivity contribution is 7.99. The van der Waals surface area contributed by atoms with Gasteiger partial charge in [0, 0.05) is 16.8 Å². The molecule has 0 atom stereocenters. The van der Waals surface area contributed by atoms with Gasteiger partial charge in [-0.25, -0.2) is 4.98 Å². The summed E-state index contributed by atoms with van der Waals surface area (Å²) in [5, 5.41) is 12.5. The molecule has 0 amide bonds. The van der Waals surface area contributed by atoms with Gasteiger partial charge in [0.1, 0.15) is 5.76 Å². The van der Waals surface area contributed by atoms with Crippen molar-refractivity contribution in [2.24, 2.45) is 0 Å². The van der Waals surface area contributed by atoms with Gasteiger partial charge in [-0.3, -0.25) is 19.5 Å². The van der Waals surface area contributed by atoms with E-state index in [1.165, 1.54) is 22.4 Å². The van der Waals surface area contributed by atoms with Gasteiger partial charge in [-0.1, -0.05) is 35.5 Å². The number of thioether (sulfide) groups is 1. The van der Waals surface area contributed by atoms with Gasteiger partial charge in [-0.05, 0) is 36.4 Å². The Morgan fingerprint density at radius 1 is 1.19 bits per heavy atom. The van der Waals surface area contributed by atoms with Crippen LogP contribution >= 0.6 is 23.4 Å². The first-order chi connectivity index (χ1) is 15.0. The summed E-state index contributed by atoms with van der Waals surface area (Å²) >= 11 is 7.38. The maximum absolute atomic E-state index is 13.1. The Labute approximate surface area is 185 Å². The summed E-state index contributed by atoms with van der Waals surface area (Å²) in [5.74, 6) is 1.23. The number of benzene rings is 2. The molecule has 0 unspecified atom stereocenters. The molecular weight excluding hydrogens is 442 g/mol. The highest BCUT2D eigenvalue weighted by Crippen LogP contribution is 2.26. The maximum atomic E-state index is 13.1. The molecule has 0 radical (unpaired) electrons. The summed E-state index contributed by atoms with van der Waals surface area (Å²) < 4.78 is 12.5. The lowest BCUT2D eigenvalue weighted by Gasteiger charge is -2.12. The van der Waals surface area contributed by atoms with E-state index in [0.717, 1.165) is 0 Å². The minimum Gasteiger partial charge on any atom is -0.486 e. The molecule has 4 aromatic rings. The Bertz CT molecular complexity index is 1290. The molecule has 8 nitrogen and oxygen atoms in total. The predicted molar refractivity (Wildman–Crippen MR) is 118 cm³/mol. The van der Waals surface area contributed by atoms with E-state index in [1.54, 1.807) is 54.8 Å². The van der Waals surface area contributed by atoms with E-state index in [1.807, 2.05) is 0 Å². The van der Waals surface area contributed by atoms with Gasteiger partial charge in [0.15, 0.2) is 10.9 Å². The number of aromatic nitrogens is 2. The fourth-order valence-corrected chi connectivity index (χ4v) is 3.98. The van der Waals surface area contributed by atoms with E-state index in [-0.39, 0.29) is 30.1 Å². The molecule has 0 N–H and O–H groups in total. The molecule has 0 fully saturated rings. The SMILES string of the molecule is O=c1c2ccc(Cl)cc2nc(SCCOc2ccccc2[N+](=O)[O-])n1Cc1ccco1. The third kappa shape index (κ3) is 4.73. The van der Waals surface area contributed by atoms with Gasteiger partial charge in [0.2, 0.25) is 0 Å². The molecule has 2 heterocycles. The average molecular weight is 458 g/mol. The Kier molecular flexibility index (Phi) is 6.24. The second-order valence-electron chi connectivity index (χ2n) is 6.45. The number of rotatable bonds is 8. The van der Waals surface area contributed by atoms with E-state index in [4.69, 9.17) is 20.8 Å². The molecule has 0 aliphatic heterocycles. The standard InChI is InChI=1S/C21H16ClN3O5S/c22-14-7-8-16-17(12-14)23-21(24(20(16)26)13-15-4-3-9-29-15)31-11-10-30-19-6-2-1-5-18(19)25(27)28/h1-9,12H,10-11,13H2. The Balaban J connectivity index is 1.57. The van der Waals surface area contributed by atoms with E-state index >= 15 is 0 Å². The minimum absolute atomic E-state index is 0.0966. The Morgan fingerprint density at radius 3 is 2.81 bits per heavy atom. The molecule has 0 spiro atoms. The van der Waals surface area contributed by atoms with Crippen LogP contribution in [-0.2, 0) is 6.54 Å². The average Bonchev–Trinajstić information content (AvgIpc) is 3.27. The van der Waals surface area contributed by atoms with Crippen LogP contribution in [-0.4, -0.2) is 26.8 Å². The zero-order valence-corrected chi connectivity index (χ0v) is 17.6. The van der Waals surface area contributed by atoms with Crippen LogP contribution in [0.15, 0.2) is 75.2 Å². The van der Waals surface area contributed by atoms with E-state index < -0.39 is 4.92 Å². The van der Waals surface area contributed by atoms with E-state index in [9.17, 15) is 14.9 Å². The molecule has 2 aromatic carbocycles. The zero-order chi connectivity index (χ0) is 21.8. The predicted octanol–water partition coefficient (Wildman–Crippen LogP) is 4.77. The van der Waals surface area contributed by atoms with Crippen LogP contribution in [0, 0.1) is 10.1 Å². The summed E-state index contributed by atoms with van der Waals surface area (Å²) in [5.41, 5.74) is 0.191. The Hall–Kier alpha value is -3.30. The van der Waals surface area contributed by atoms with Gasteiger partial charge >= 0.3 is 5.69 Å². The number of halogens is 1. The third-order valence-corrected chi connectivity index (χ3v) is 5.59. The third-order valence-electron chi connectivity index (χ3n) is 4.41. The minimum atomic E-state index is -0.488. The van der Waals surface area contributed by atoms with Gasteiger partial charge in [-0.15, -0.1) is 0 Å². The molecular formula is C21H16ClN3O5S. The summed E-state index contributed by atoms with van der Waals surface area (Å²) in [7, 11) is 0. The monoisotopic (exact) mass is 457 g/mol. The largest absolute Gasteiger partial charge is 0.486 e. The van der Waals surface area contributed by atoms with Gasteiger partial charge < -0.3 is 9.15 Å². The number of hydrogen-bond acceptors (Lipinski definition) is 7. The van der Waals surface area contributed by atoms with Crippen LogP contribution in [0.1, 0.15) is 5.76 Å². The summed E-state index contributed by atoms with van der Waals surface area (Å²) in [6, 6.07) is 14.7. The van der Waals surface area contributed by atoms with Crippen LogP contribution in [0.3, 0.4) is 0 Å². The van der Waals surface area contributed by atoms with Crippen molar-refractivity contribution >= 4 is 40.0 Å². The fourth-order valence-electron chi connectivity index (χ4n) is 3.00. The molecule has 4 rings (SSSR count). The van der Waals surface area contributed by atoms with Crippen LogP contribution in [0.25, 0.3) is 10.9 Å². The van der Waals surface area contributed by atoms with E-state index in [0.29, 0.717) is 32.6 Å². The number of para-hydroxylation sites is 2. The normalized spacial score (nSPS) is 11.0. The van der Waals surface area contributed by atoms with Crippen molar-refractivity contribution in [2.75, 3.05) is 12.4 Å². The van der Waals surface area contributed by atoms with Gasteiger partial charge in [-0.2, -0.15) is 0 Å². The maximum Gasteiger partial charge on any atom is 0.310 e. The summed E-state index contributed by atoms with van der Waals surface area (Å²) in [4.78, 5) is 28.3. The van der Waals surface area contributed by atoms with Crippen molar-refractivity contribution in [3.05, 3.63) is 92.1 Å². The number of furan rings is 1. The van der Waals surface area contributed by atoms with Crippen molar-refractivity contribution in [2.45, 2.75) is 11.7 Å². The molecule has 0 saturated heterocycles. The summed E-state index contributed by atoms with van der Waals surface area (Å²) in [6.07, 6.45) is 1.54. The molecule has 0 aliphatic carbocycles. The van der Waals surface area contributed by atoms with Gasteiger partial charge in [0.05, 0.1) is 35.2 Å². The number of nitro groups is 1. The quantitative estimate of drug-likeness (QED) is 0.123. The van der Waals surface area contributed by atoms with Crippen molar-refractivity contribution in [1.82, 2.24) is 9.55 Å². The molecule has 0 aliphatic rings. The molecule has 31 heavy (non-hydrogen) atoms. The number of fused-ring (bicyclic) bond motifs is 1. The number of hydrogen-bond donors (Lipinski definition) is 0. The van der Waals surface area contributed by atoms with E-state index in [2.05, 4.69) is 4.98 Å². The van der Waals surface area contributed by atoms with Crippen LogP contribution in [0.4, 0.5) is 5.69 Å². The topological polar surface area (TPSA) is 100 Å². The second-order valence-corrected chi connectivity index (χ2v) is 7.95. The lowest BCUT2D eigenvalue weighted by molar-refractivity contribution is -0.385. The first kappa shape index (κ1) is 21.0.